The van der Waals surface area contributed by atoms with Crippen LogP contribution in [0.3, 0.4) is 0 Å². The number of thioether (sulfide) groups is 1. The molecule has 1 amide bonds. The number of hydrogen-bond donors (Lipinski definition) is 1. The van der Waals surface area contributed by atoms with Crippen molar-refractivity contribution in [2.45, 2.75) is 0 Å². The number of nitro groups is 1. The van der Waals surface area contributed by atoms with Gasteiger partial charge in [0, 0.05) is 12.1 Å². The van der Waals surface area contributed by atoms with Crippen molar-refractivity contribution in [1.29, 1.82) is 0 Å². The molecule has 1 heterocycles. The van der Waals surface area contributed by atoms with Gasteiger partial charge in [-0.1, -0.05) is 42.1 Å². The average Bonchev–Trinajstić information content (AvgIpc) is 2.83. The number of nitro benzene ring substituents is 1. The van der Waals surface area contributed by atoms with Crippen LogP contribution in [-0.4, -0.2) is 20.2 Å². The number of amides is 1. The van der Waals surface area contributed by atoms with Crippen molar-refractivity contribution in [3.05, 3.63) is 75.2 Å². The van der Waals surface area contributed by atoms with Crippen LogP contribution in [0.2, 0.25) is 0 Å². The Bertz CT molecular complexity index is 853. The van der Waals surface area contributed by atoms with Gasteiger partial charge in [0.05, 0.1) is 15.5 Å². The van der Waals surface area contributed by atoms with Gasteiger partial charge >= 0.3 is 0 Å². The third-order valence-corrected chi connectivity index (χ3v) is 4.49. The molecule has 0 aromatic heterocycles. The van der Waals surface area contributed by atoms with Gasteiger partial charge in [0.2, 0.25) is 0 Å². The second kappa shape index (κ2) is 6.81. The molecule has 3 rings (SSSR count). The monoisotopic (exact) mass is 357 g/mol. The summed E-state index contributed by atoms with van der Waals surface area (Å²) in [4.78, 5) is 23.3. The number of para-hydroxylation sites is 1. The predicted octanol–water partition coefficient (Wildman–Crippen LogP) is 3.82. The van der Waals surface area contributed by atoms with E-state index in [9.17, 15) is 14.9 Å². The Morgan fingerprint density at radius 3 is 2.62 bits per heavy atom. The molecule has 6 nitrogen and oxygen atoms in total. The maximum Gasteiger partial charge on any atom is 0.285 e. The minimum absolute atomic E-state index is 0.0263. The molecule has 0 aliphatic carbocycles. The van der Waals surface area contributed by atoms with E-state index >= 15 is 0 Å². The van der Waals surface area contributed by atoms with Gasteiger partial charge in [0.25, 0.3) is 11.6 Å². The minimum atomic E-state index is -0.473. The van der Waals surface area contributed by atoms with Gasteiger partial charge in [0.1, 0.15) is 0 Å². The van der Waals surface area contributed by atoms with Gasteiger partial charge in [-0.3, -0.25) is 20.3 Å². The highest BCUT2D eigenvalue weighted by molar-refractivity contribution is 8.26. The molecule has 1 aliphatic heterocycles. The van der Waals surface area contributed by atoms with E-state index in [2.05, 4.69) is 5.43 Å². The van der Waals surface area contributed by atoms with E-state index in [0.29, 0.717) is 14.8 Å². The van der Waals surface area contributed by atoms with Gasteiger partial charge in [-0.15, -0.1) is 0 Å². The van der Waals surface area contributed by atoms with Crippen molar-refractivity contribution >= 4 is 51.7 Å². The fourth-order valence-electron chi connectivity index (χ4n) is 2.09. The Labute approximate surface area is 147 Å². The first-order valence-corrected chi connectivity index (χ1v) is 8.11. The summed E-state index contributed by atoms with van der Waals surface area (Å²) >= 11 is 6.38. The van der Waals surface area contributed by atoms with E-state index in [-0.39, 0.29) is 11.6 Å². The second-order valence-electron chi connectivity index (χ2n) is 4.85. The van der Waals surface area contributed by atoms with Crippen molar-refractivity contribution in [3.8, 4) is 0 Å². The quantitative estimate of drug-likeness (QED) is 0.388. The number of carbonyl (C=O) groups is 1. The molecule has 24 heavy (non-hydrogen) atoms. The molecule has 1 fully saturated rings. The summed E-state index contributed by atoms with van der Waals surface area (Å²) in [5.41, 5.74) is 4.25. The Hall–Kier alpha value is -2.71. The number of nitrogens with one attached hydrogen (secondary N) is 1. The van der Waals surface area contributed by atoms with Crippen LogP contribution in [0.1, 0.15) is 5.56 Å². The molecule has 1 saturated heterocycles. The number of benzene rings is 2. The first kappa shape index (κ1) is 16.2. The van der Waals surface area contributed by atoms with Crippen LogP contribution in [0.15, 0.2) is 59.5 Å². The number of carbonyl (C=O) groups excluding carboxylic acids is 1. The standard InChI is InChI=1S/C16H11N3O3S2/c20-15-14(10-11-5-4-8-13(9-11)19(21)22)24-16(23)18(15)17-12-6-2-1-3-7-12/h1-10,17H/b14-10+. The van der Waals surface area contributed by atoms with Crippen molar-refractivity contribution in [2.75, 3.05) is 5.43 Å². The molecule has 2 aromatic rings. The Morgan fingerprint density at radius 1 is 1.17 bits per heavy atom. The van der Waals surface area contributed by atoms with Gasteiger partial charge in [0.15, 0.2) is 4.32 Å². The minimum Gasteiger partial charge on any atom is -0.290 e. The summed E-state index contributed by atoms with van der Waals surface area (Å²) in [6, 6.07) is 15.3. The third-order valence-electron chi connectivity index (χ3n) is 3.19. The summed E-state index contributed by atoms with van der Waals surface area (Å²) in [5, 5.41) is 12.1. The molecule has 2 aromatic carbocycles. The third kappa shape index (κ3) is 3.44. The van der Waals surface area contributed by atoms with Crippen LogP contribution in [0.4, 0.5) is 11.4 Å². The number of hydrazine groups is 1. The van der Waals surface area contributed by atoms with Gasteiger partial charge in [-0.05, 0) is 36.0 Å². The molecule has 0 saturated carbocycles. The first-order valence-electron chi connectivity index (χ1n) is 6.89. The highest BCUT2D eigenvalue weighted by Crippen LogP contribution is 2.33. The van der Waals surface area contributed by atoms with Crippen LogP contribution in [-0.2, 0) is 4.79 Å². The summed E-state index contributed by atoms with van der Waals surface area (Å²) in [6.45, 7) is 0. The molecule has 1 aliphatic rings. The molecule has 0 radical (unpaired) electrons. The molecule has 0 unspecified atom stereocenters. The van der Waals surface area contributed by atoms with Crippen molar-refractivity contribution in [2.24, 2.45) is 0 Å². The SMILES string of the molecule is O=C1/C(=C\c2cccc([N+](=O)[O-])c2)SC(=S)N1Nc1ccccc1. The molecule has 0 spiro atoms. The van der Waals surface area contributed by atoms with Crippen LogP contribution in [0.5, 0.6) is 0 Å². The molecule has 0 bridgehead atoms. The van der Waals surface area contributed by atoms with E-state index in [4.69, 9.17) is 12.2 Å². The summed E-state index contributed by atoms with van der Waals surface area (Å²) in [5.74, 6) is -0.291. The Kier molecular flexibility index (Phi) is 4.59. The Balaban J connectivity index is 1.83. The number of non-ortho nitro benzene ring substituents is 1. The van der Waals surface area contributed by atoms with Gasteiger partial charge in [-0.2, -0.15) is 0 Å². The number of thiocarbonyl (C=S) groups is 1. The Morgan fingerprint density at radius 2 is 1.92 bits per heavy atom. The second-order valence-corrected chi connectivity index (χ2v) is 6.52. The molecule has 8 heteroatoms. The average molecular weight is 357 g/mol. The lowest BCUT2D eigenvalue weighted by atomic mass is 10.2. The van der Waals surface area contributed by atoms with Crippen LogP contribution in [0, 0.1) is 10.1 Å². The van der Waals surface area contributed by atoms with Crippen molar-refractivity contribution < 1.29 is 9.72 Å². The van der Waals surface area contributed by atoms with E-state index in [1.54, 1.807) is 18.2 Å². The van der Waals surface area contributed by atoms with Gasteiger partial charge in [-0.25, -0.2) is 5.01 Å². The molecule has 120 valence electrons. The lowest BCUT2D eigenvalue weighted by Gasteiger charge is -2.16. The number of rotatable bonds is 4. The fourth-order valence-corrected chi connectivity index (χ4v) is 3.26. The zero-order valence-electron chi connectivity index (χ0n) is 12.2. The van der Waals surface area contributed by atoms with Crippen molar-refractivity contribution in [1.82, 2.24) is 5.01 Å². The van der Waals surface area contributed by atoms with Crippen molar-refractivity contribution in [3.63, 3.8) is 0 Å². The predicted molar refractivity (Wildman–Crippen MR) is 98.2 cm³/mol. The lowest BCUT2D eigenvalue weighted by Crippen LogP contribution is -2.33. The largest absolute Gasteiger partial charge is 0.290 e. The van der Waals surface area contributed by atoms with Gasteiger partial charge < -0.3 is 0 Å². The zero-order chi connectivity index (χ0) is 17.1. The molecule has 1 N–H and O–H groups in total. The maximum atomic E-state index is 12.5. The zero-order valence-corrected chi connectivity index (χ0v) is 13.8. The highest BCUT2D eigenvalue weighted by atomic mass is 32.2. The van der Waals surface area contributed by atoms with Crippen LogP contribution < -0.4 is 5.43 Å². The molecule has 0 atom stereocenters. The smallest absolute Gasteiger partial charge is 0.285 e. The van der Waals surface area contributed by atoms with E-state index < -0.39 is 4.92 Å². The molecular weight excluding hydrogens is 346 g/mol. The van der Waals surface area contributed by atoms with Crippen LogP contribution in [0.25, 0.3) is 6.08 Å². The lowest BCUT2D eigenvalue weighted by molar-refractivity contribution is -0.384. The van der Waals surface area contributed by atoms with Crippen LogP contribution >= 0.6 is 24.0 Å². The topological polar surface area (TPSA) is 75.5 Å². The summed E-state index contributed by atoms with van der Waals surface area (Å²) < 4.78 is 0.375. The summed E-state index contributed by atoms with van der Waals surface area (Å²) in [6.07, 6.45) is 1.60. The normalized spacial score (nSPS) is 15.8. The number of hydrogen-bond acceptors (Lipinski definition) is 6. The van der Waals surface area contributed by atoms with E-state index in [0.717, 1.165) is 17.4 Å². The number of anilines is 1. The van der Waals surface area contributed by atoms with E-state index in [1.807, 2.05) is 30.3 Å². The maximum absolute atomic E-state index is 12.5. The number of nitrogens with zero attached hydrogens (tertiary/aromatic N) is 2. The summed E-state index contributed by atoms with van der Waals surface area (Å²) in [7, 11) is 0. The molecular formula is C16H11N3O3S2. The highest BCUT2D eigenvalue weighted by Gasteiger charge is 2.32. The fraction of sp³-hybridized carbons (Fsp3) is 0. The first-order chi connectivity index (χ1) is 11.5. The van der Waals surface area contributed by atoms with E-state index in [1.165, 1.54) is 17.1 Å².